The van der Waals surface area contributed by atoms with Crippen molar-refractivity contribution in [3.05, 3.63) is 99.5 Å². The van der Waals surface area contributed by atoms with Crippen molar-refractivity contribution in [1.29, 1.82) is 0 Å². The zero-order chi connectivity index (χ0) is 25.5. The molecule has 3 aromatic carbocycles. The number of alkyl halides is 2. The fourth-order valence-corrected chi connectivity index (χ4v) is 4.98. The van der Waals surface area contributed by atoms with Crippen LogP contribution in [0.15, 0.2) is 61.2 Å². The molecule has 4 nitrogen and oxygen atoms in total. The Morgan fingerprint density at radius 1 is 0.943 bits per heavy atom. The fourth-order valence-electron chi connectivity index (χ4n) is 3.76. The van der Waals surface area contributed by atoms with Gasteiger partial charge in [-0.1, -0.05) is 41.9 Å². The molecule has 35 heavy (non-hydrogen) atoms. The van der Waals surface area contributed by atoms with E-state index in [1.54, 1.807) is 24.3 Å². The third kappa shape index (κ3) is 5.16. The van der Waals surface area contributed by atoms with Crippen LogP contribution in [0, 0.1) is 17.6 Å². The smallest absolute Gasteiger partial charge is 0.257 e. The van der Waals surface area contributed by atoms with Gasteiger partial charge in [0.05, 0.1) is 22.2 Å². The van der Waals surface area contributed by atoms with Crippen molar-refractivity contribution in [2.45, 2.75) is 10.3 Å². The van der Waals surface area contributed by atoms with Gasteiger partial charge in [0.1, 0.15) is 16.0 Å². The topological polar surface area (TPSA) is 58.2 Å². The number of rotatable bonds is 6. The molecule has 1 saturated carbocycles. The number of hydrogen-bond donors (Lipinski definition) is 2. The second-order valence-electron chi connectivity index (χ2n) is 7.88. The van der Waals surface area contributed by atoms with Crippen molar-refractivity contribution in [3.63, 3.8) is 0 Å². The van der Waals surface area contributed by atoms with Crippen LogP contribution in [0.5, 0.6) is 0 Å². The summed E-state index contributed by atoms with van der Waals surface area (Å²) in [5.41, 5.74) is 1.41. The number of nitrogens with one attached hydrogen (secondary N) is 2. The van der Waals surface area contributed by atoms with Crippen LogP contribution in [0.2, 0.25) is 10.0 Å². The molecular weight excluding hydrogens is 540 g/mol. The second-order valence-corrected chi connectivity index (χ2v) is 10.1. The van der Waals surface area contributed by atoms with Crippen molar-refractivity contribution in [3.8, 4) is 0 Å². The lowest BCUT2D eigenvalue weighted by Gasteiger charge is -2.11. The number of anilines is 2. The van der Waals surface area contributed by atoms with Crippen LogP contribution in [-0.2, 0) is 4.79 Å². The molecule has 1 aliphatic carbocycles. The van der Waals surface area contributed by atoms with Crippen LogP contribution in [0.4, 0.5) is 20.2 Å². The van der Waals surface area contributed by atoms with Crippen molar-refractivity contribution in [2.75, 3.05) is 10.6 Å². The maximum Gasteiger partial charge on any atom is 0.257 e. The molecule has 0 saturated heterocycles. The molecule has 0 unspecified atom stereocenters. The Morgan fingerprint density at radius 3 is 2.34 bits per heavy atom. The van der Waals surface area contributed by atoms with Gasteiger partial charge in [0, 0.05) is 22.7 Å². The highest BCUT2D eigenvalue weighted by atomic mass is 35.5. The molecule has 0 bridgehead atoms. The third-order valence-electron chi connectivity index (χ3n) is 5.59. The molecule has 0 heterocycles. The summed E-state index contributed by atoms with van der Waals surface area (Å²) in [6.07, 6.45) is 1.59. The standard InChI is InChI=1S/C25H16Cl4F2N2O2/c1-2-12-9-13(3-6-17(12)26)21-22(25(21,28)29)24(35)32-15-5-7-18(27)16(11-15)23(34)33-20-8-4-14(30)10-19(20)31/h2-11,21-22H,1H2,(H,32,35)(H,33,34)/t21-,22+/m1/s1. The highest BCUT2D eigenvalue weighted by molar-refractivity contribution is 6.53. The van der Waals surface area contributed by atoms with E-state index in [9.17, 15) is 18.4 Å². The van der Waals surface area contributed by atoms with E-state index in [4.69, 9.17) is 46.4 Å². The Hall–Kier alpha value is -2.64. The summed E-state index contributed by atoms with van der Waals surface area (Å²) < 4.78 is 25.7. The molecule has 2 amide bonds. The quantitative estimate of drug-likeness (QED) is 0.306. The van der Waals surface area contributed by atoms with Gasteiger partial charge in [0.2, 0.25) is 5.91 Å². The molecule has 0 aromatic heterocycles. The van der Waals surface area contributed by atoms with Crippen molar-refractivity contribution < 1.29 is 18.4 Å². The predicted octanol–water partition coefficient (Wildman–Crippen LogP) is 7.69. The zero-order valence-electron chi connectivity index (χ0n) is 17.7. The van der Waals surface area contributed by atoms with Crippen LogP contribution in [-0.4, -0.2) is 16.1 Å². The first-order chi connectivity index (χ1) is 16.5. The van der Waals surface area contributed by atoms with E-state index in [-0.39, 0.29) is 22.0 Å². The normalized spacial score (nSPS) is 18.0. The van der Waals surface area contributed by atoms with E-state index in [1.807, 2.05) is 0 Å². The minimum atomic E-state index is -1.34. The van der Waals surface area contributed by atoms with Crippen LogP contribution in [0.3, 0.4) is 0 Å². The molecule has 3 aromatic rings. The fraction of sp³-hybridized carbons (Fsp3) is 0.120. The number of carbonyl (C=O) groups is 2. The molecule has 0 radical (unpaired) electrons. The van der Waals surface area contributed by atoms with E-state index in [2.05, 4.69) is 17.2 Å². The van der Waals surface area contributed by atoms with Crippen molar-refractivity contribution in [1.82, 2.24) is 0 Å². The summed E-state index contributed by atoms with van der Waals surface area (Å²) in [7, 11) is 0. The molecule has 1 aliphatic rings. The summed E-state index contributed by atoms with van der Waals surface area (Å²) in [5, 5.41) is 5.59. The molecular formula is C25H16Cl4F2N2O2. The Labute approximate surface area is 219 Å². The highest BCUT2D eigenvalue weighted by Crippen LogP contribution is 2.65. The molecule has 1 fully saturated rings. The lowest BCUT2D eigenvalue weighted by molar-refractivity contribution is -0.117. The maximum absolute atomic E-state index is 13.9. The number of carbonyl (C=O) groups excluding carboxylic acids is 2. The average molecular weight is 556 g/mol. The van der Waals surface area contributed by atoms with E-state index in [0.29, 0.717) is 16.7 Å². The highest BCUT2D eigenvalue weighted by Gasteiger charge is 2.67. The van der Waals surface area contributed by atoms with Gasteiger partial charge < -0.3 is 10.6 Å². The van der Waals surface area contributed by atoms with Crippen molar-refractivity contribution in [2.24, 2.45) is 5.92 Å². The molecule has 4 rings (SSSR count). The van der Waals surface area contributed by atoms with Crippen LogP contribution in [0.1, 0.15) is 27.4 Å². The van der Waals surface area contributed by atoms with Crippen LogP contribution < -0.4 is 10.6 Å². The molecule has 2 N–H and O–H groups in total. The third-order valence-corrected chi connectivity index (χ3v) is 7.21. The van der Waals surface area contributed by atoms with Gasteiger partial charge in [-0.05, 0) is 53.6 Å². The first-order valence-corrected chi connectivity index (χ1v) is 11.7. The molecule has 0 spiro atoms. The lowest BCUT2D eigenvalue weighted by Crippen LogP contribution is -2.18. The Morgan fingerprint density at radius 2 is 1.66 bits per heavy atom. The van der Waals surface area contributed by atoms with E-state index in [0.717, 1.165) is 17.7 Å². The van der Waals surface area contributed by atoms with E-state index >= 15 is 0 Å². The van der Waals surface area contributed by atoms with Gasteiger partial charge in [-0.3, -0.25) is 9.59 Å². The first kappa shape index (κ1) is 25.5. The SMILES string of the molecule is C=Cc1cc([C@@H]2[C@@H](C(=O)Nc3ccc(Cl)c(C(=O)Nc4ccc(F)cc4F)c3)C2(Cl)Cl)ccc1Cl. The predicted molar refractivity (Wildman–Crippen MR) is 137 cm³/mol. The van der Waals surface area contributed by atoms with E-state index in [1.165, 1.54) is 18.2 Å². The Kier molecular flexibility index (Phi) is 7.11. The second kappa shape index (κ2) is 9.78. The van der Waals surface area contributed by atoms with Gasteiger partial charge in [0.25, 0.3) is 5.91 Å². The summed E-state index contributed by atoms with van der Waals surface area (Å²) in [4.78, 5) is 25.6. The lowest BCUT2D eigenvalue weighted by atomic mass is 10.1. The largest absolute Gasteiger partial charge is 0.326 e. The monoisotopic (exact) mass is 554 g/mol. The summed E-state index contributed by atoms with van der Waals surface area (Å²) in [6.45, 7) is 3.71. The van der Waals surface area contributed by atoms with Crippen LogP contribution >= 0.6 is 46.4 Å². The average Bonchev–Trinajstić information content (AvgIpc) is 3.39. The summed E-state index contributed by atoms with van der Waals surface area (Å²) >= 11 is 25.1. The van der Waals surface area contributed by atoms with Gasteiger partial charge in [0.15, 0.2) is 0 Å². The number of benzene rings is 3. The van der Waals surface area contributed by atoms with Crippen LogP contribution in [0.25, 0.3) is 6.08 Å². The summed E-state index contributed by atoms with van der Waals surface area (Å²) in [6, 6.07) is 12.2. The zero-order valence-corrected chi connectivity index (χ0v) is 20.7. The van der Waals surface area contributed by atoms with E-state index < -0.39 is 39.6 Å². The first-order valence-electron chi connectivity index (χ1n) is 10.2. The number of amides is 2. The molecule has 2 atom stereocenters. The number of hydrogen-bond acceptors (Lipinski definition) is 2. The molecule has 10 heteroatoms. The maximum atomic E-state index is 13.9. The van der Waals surface area contributed by atoms with Crippen molar-refractivity contribution >= 4 is 75.7 Å². The van der Waals surface area contributed by atoms with Gasteiger partial charge >= 0.3 is 0 Å². The van der Waals surface area contributed by atoms with Gasteiger partial charge in [-0.25, -0.2) is 8.78 Å². The Bertz CT molecular complexity index is 1360. The summed E-state index contributed by atoms with van der Waals surface area (Å²) in [5.74, 6) is -4.20. The molecule has 0 aliphatic heterocycles. The van der Waals surface area contributed by atoms with Gasteiger partial charge in [-0.15, -0.1) is 23.2 Å². The minimum absolute atomic E-state index is 0.0307. The minimum Gasteiger partial charge on any atom is -0.326 e. The molecule has 180 valence electrons. The Balaban J connectivity index is 1.52. The van der Waals surface area contributed by atoms with Gasteiger partial charge in [-0.2, -0.15) is 0 Å². The number of halogens is 6.